The van der Waals surface area contributed by atoms with Crippen LogP contribution in [-0.2, 0) is 9.84 Å². The van der Waals surface area contributed by atoms with E-state index in [0.717, 1.165) is 13.3 Å². The van der Waals surface area contributed by atoms with E-state index in [1.54, 1.807) is 0 Å². The van der Waals surface area contributed by atoms with Crippen molar-refractivity contribution in [1.82, 2.24) is 15.0 Å². The Morgan fingerprint density at radius 2 is 2.00 bits per heavy atom. The number of sulfone groups is 1. The van der Waals surface area contributed by atoms with Crippen molar-refractivity contribution < 1.29 is 26.3 Å². The monoisotopic (exact) mass is 375 g/mol. The molecule has 0 aliphatic carbocycles. The molecule has 136 valence electrons. The minimum Gasteiger partial charge on any atom is -0.471 e. The fourth-order valence-corrected chi connectivity index (χ4v) is 2.87. The van der Waals surface area contributed by atoms with Crippen molar-refractivity contribution in [1.29, 1.82) is 0 Å². The highest BCUT2D eigenvalue weighted by Gasteiger charge is 2.38. The number of rotatable bonds is 7. The summed E-state index contributed by atoms with van der Waals surface area (Å²) in [4.78, 5) is 11.6. The smallest absolute Gasteiger partial charge is 0.311 e. The third kappa shape index (κ3) is 4.44. The zero-order chi connectivity index (χ0) is 18.7. The average molecular weight is 375 g/mol. The van der Waals surface area contributed by atoms with Gasteiger partial charge in [-0.3, -0.25) is 4.98 Å². The molecule has 2 heterocycles. The molecule has 0 saturated carbocycles. The fourth-order valence-electron chi connectivity index (χ4n) is 1.82. The fraction of sp³-hybridized carbons (Fsp3) is 0.400. The Morgan fingerprint density at radius 3 is 2.64 bits per heavy atom. The molecule has 6 nitrogen and oxygen atoms in total. The molecule has 0 N–H and O–H groups in total. The summed E-state index contributed by atoms with van der Waals surface area (Å²) in [5.41, 5.74) is 0.149. The highest BCUT2D eigenvalue weighted by atomic mass is 32.2. The van der Waals surface area contributed by atoms with E-state index in [2.05, 4.69) is 15.0 Å². The van der Waals surface area contributed by atoms with Gasteiger partial charge in [0.1, 0.15) is 12.0 Å². The predicted octanol–water partition coefficient (Wildman–Crippen LogP) is 2.70. The number of pyridine rings is 1. The van der Waals surface area contributed by atoms with E-state index in [1.165, 1.54) is 31.3 Å². The van der Waals surface area contributed by atoms with Crippen molar-refractivity contribution in [2.24, 2.45) is 0 Å². The lowest BCUT2D eigenvalue weighted by atomic mass is 10.2. The molecule has 0 bridgehead atoms. The number of hydrogen-bond acceptors (Lipinski definition) is 6. The summed E-state index contributed by atoms with van der Waals surface area (Å²) in [5.74, 6) is -4.05. The van der Waals surface area contributed by atoms with Gasteiger partial charge in [-0.1, -0.05) is 6.92 Å². The minimum atomic E-state index is -3.67. The van der Waals surface area contributed by atoms with Crippen LogP contribution in [0.2, 0.25) is 0 Å². The maximum absolute atomic E-state index is 13.3. The Hall–Kier alpha value is -2.23. The molecule has 25 heavy (non-hydrogen) atoms. The van der Waals surface area contributed by atoms with Crippen molar-refractivity contribution in [2.45, 2.75) is 30.8 Å². The maximum atomic E-state index is 13.3. The summed E-state index contributed by atoms with van der Waals surface area (Å²) < 4.78 is 68.5. The van der Waals surface area contributed by atoms with Gasteiger partial charge in [0.2, 0.25) is 5.88 Å². The molecule has 0 aliphatic heterocycles. The maximum Gasteiger partial charge on any atom is 0.311 e. The summed E-state index contributed by atoms with van der Waals surface area (Å²) >= 11 is 0. The van der Waals surface area contributed by atoms with Gasteiger partial charge in [0.25, 0.3) is 0 Å². The van der Waals surface area contributed by atoms with Crippen molar-refractivity contribution >= 4 is 9.84 Å². The van der Waals surface area contributed by atoms with E-state index in [0.29, 0.717) is 0 Å². The Morgan fingerprint density at radius 1 is 1.28 bits per heavy atom. The van der Waals surface area contributed by atoms with Gasteiger partial charge in [-0.2, -0.15) is 8.78 Å². The first-order valence-electron chi connectivity index (χ1n) is 7.32. The zero-order valence-electron chi connectivity index (χ0n) is 13.5. The molecule has 0 spiro atoms. The van der Waals surface area contributed by atoms with Crippen LogP contribution in [0.25, 0.3) is 11.4 Å². The number of alkyl halides is 3. The summed E-state index contributed by atoms with van der Waals surface area (Å²) in [7, 11) is -3.57. The molecule has 1 unspecified atom stereocenters. The molecular weight excluding hydrogens is 359 g/mol. The lowest BCUT2D eigenvalue weighted by Gasteiger charge is -2.17. The first-order chi connectivity index (χ1) is 11.7. The summed E-state index contributed by atoms with van der Waals surface area (Å²) in [6, 6.07) is 4.02. The molecule has 1 atom stereocenters. The molecule has 0 aromatic carbocycles. The number of aromatic nitrogens is 3. The van der Waals surface area contributed by atoms with E-state index in [4.69, 9.17) is 4.74 Å². The summed E-state index contributed by atoms with van der Waals surface area (Å²) in [6.45, 7) is 1.01. The second-order valence-corrected chi connectivity index (χ2v) is 7.41. The van der Waals surface area contributed by atoms with Crippen LogP contribution in [0.1, 0.15) is 13.8 Å². The predicted molar refractivity (Wildman–Crippen MR) is 84.0 cm³/mol. The highest BCUT2D eigenvalue weighted by Crippen LogP contribution is 2.27. The van der Waals surface area contributed by atoms with E-state index >= 15 is 0 Å². The lowest BCUT2D eigenvalue weighted by Crippen LogP contribution is -2.34. The summed E-state index contributed by atoms with van der Waals surface area (Å²) in [5, 5.41) is 0. The molecule has 0 amide bonds. The Labute approximate surface area is 143 Å². The first kappa shape index (κ1) is 19.1. The summed E-state index contributed by atoms with van der Waals surface area (Å²) in [6.07, 6.45) is 0.0236. The van der Waals surface area contributed by atoms with Crippen molar-refractivity contribution in [3.05, 3.63) is 30.7 Å². The van der Waals surface area contributed by atoms with Crippen LogP contribution in [0.3, 0.4) is 0 Å². The standard InChI is InChI=1S/C15H16F3N3O3S/c1-3-25(22,23)12-5-4-6-19-14(12)11-7-13(21-9-20-11)24-8-15(17,18)10(2)16/h4-7,9-10H,3,8H2,1-2H3. The molecular formula is C15H16F3N3O3S. The van der Waals surface area contributed by atoms with Gasteiger partial charge in [0, 0.05) is 12.3 Å². The first-order valence-corrected chi connectivity index (χ1v) is 8.97. The quantitative estimate of drug-likeness (QED) is 0.740. The van der Waals surface area contributed by atoms with Gasteiger partial charge < -0.3 is 4.74 Å². The van der Waals surface area contributed by atoms with Crippen LogP contribution in [0.15, 0.2) is 35.6 Å². The van der Waals surface area contributed by atoms with Crippen LogP contribution in [0.5, 0.6) is 5.88 Å². The highest BCUT2D eigenvalue weighted by molar-refractivity contribution is 7.91. The third-order valence-electron chi connectivity index (χ3n) is 3.36. The molecule has 0 saturated heterocycles. The molecule has 0 radical (unpaired) electrons. The third-order valence-corrected chi connectivity index (χ3v) is 5.12. The molecule has 2 aromatic heterocycles. The topological polar surface area (TPSA) is 82.0 Å². The van der Waals surface area contributed by atoms with Crippen LogP contribution < -0.4 is 4.74 Å². The largest absolute Gasteiger partial charge is 0.471 e. The van der Waals surface area contributed by atoms with Gasteiger partial charge in [-0.25, -0.2) is 22.8 Å². The average Bonchev–Trinajstić information content (AvgIpc) is 2.60. The molecule has 2 rings (SSSR count). The molecule has 10 heteroatoms. The van der Waals surface area contributed by atoms with Crippen molar-refractivity contribution in [2.75, 3.05) is 12.4 Å². The normalized spacial score (nSPS) is 13.5. The Balaban J connectivity index is 2.35. The minimum absolute atomic E-state index is 0.0372. The van der Waals surface area contributed by atoms with E-state index in [-0.39, 0.29) is 27.9 Å². The molecule has 2 aromatic rings. The van der Waals surface area contributed by atoms with Gasteiger partial charge >= 0.3 is 5.92 Å². The van der Waals surface area contributed by atoms with Crippen molar-refractivity contribution in [3.8, 4) is 17.3 Å². The number of halogens is 3. The Kier molecular flexibility index (Phi) is 5.61. The number of nitrogens with zero attached hydrogens (tertiary/aromatic N) is 3. The SMILES string of the molecule is CCS(=O)(=O)c1cccnc1-c1cc(OCC(F)(F)C(C)F)ncn1. The van der Waals surface area contributed by atoms with E-state index in [9.17, 15) is 21.6 Å². The van der Waals surface area contributed by atoms with Gasteiger partial charge in [0.05, 0.1) is 16.3 Å². The second-order valence-electron chi connectivity index (χ2n) is 5.16. The number of ether oxygens (including phenoxy) is 1. The number of hydrogen-bond donors (Lipinski definition) is 0. The van der Waals surface area contributed by atoms with Crippen molar-refractivity contribution in [3.63, 3.8) is 0 Å². The Bertz CT molecular complexity index is 845. The van der Waals surface area contributed by atoms with Gasteiger partial charge in [0.15, 0.2) is 22.6 Å². The van der Waals surface area contributed by atoms with Crippen LogP contribution in [0, 0.1) is 0 Å². The second kappa shape index (κ2) is 7.34. The van der Waals surface area contributed by atoms with E-state index in [1.807, 2.05) is 0 Å². The zero-order valence-corrected chi connectivity index (χ0v) is 14.3. The van der Waals surface area contributed by atoms with Crippen LogP contribution in [0.4, 0.5) is 13.2 Å². The molecule has 0 aliphatic rings. The van der Waals surface area contributed by atoms with Crippen LogP contribution in [-0.4, -0.2) is 47.8 Å². The van der Waals surface area contributed by atoms with Gasteiger partial charge in [-0.15, -0.1) is 0 Å². The van der Waals surface area contributed by atoms with Crippen LogP contribution >= 0.6 is 0 Å². The lowest BCUT2D eigenvalue weighted by molar-refractivity contribution is -0.0948. The van der Waals surface area contributed by atoms with E-state index < -0.39 is 28.5 Å². The molecule has 0 fully saturated rings. The van der Waals surface area contributed by atoms with Gasteiger partial charge in [-0.05, 0) is 19.1 Å².